The van der Waals surface area contributed by atoms with Gasteiger partial charge in [0.2, 0.25) is 5.88 Å². The summed E-state index contributed by atoms with van der Waals surface area (Å²) in [6.07, 6.45) is 7.92. The van der Waals surface area contributed by atoms with Crippen molar-refractivity contribution in [2.24, 2.45) is 5.92 Å². The van der Waals surface area contributed by atoms with Gasteiger partial charge in [0.15, 0.2) is 3.79 Å². The Kier molecular flexibility index (Phi) is 6.19. The van der Waals surface area contributed by atoms with Gasteiger partial charge in [-0.15, -0.1) is 11.3 Å². The van der Waals surface area contributed by atoms with Crippen LogP contribution >= 0.6 is 33.9 Å². The maximum absolute atomic E-state index is 13.5. The molecule has 1 atom stereocenters. The minimum Gasteiger partial charge on any atom is -0.474 e. The molecular formula is C22H26F2IN3O2S. The van der Waals surface area contributed by atoms with E-state index in [1.165, 1.54) is 10.4 Å². The lowest BCUT2D eigenvalue weighted by atomic mass is 9.88. The Morgan fingerprint density at radius 2 is 1.90 bits per heavy atom. The van der Waals surface area contributed by atoms with E-state index in [1.807, 2.05) is 22.6 Å². The van der Waals surface area contributed by atoms with E-state index in [-0.39, 0.29) is 28.7 Å². The molecule has 2 aliphatic carbocycles. The van der Waals surface area contributed by atoms with Gasteiger partial charge in [-0.1, -0.05) is 0 Å². The average Bonchev–Trinajstić information content (AvgIpc) is 3.13. The third kappa shape index (κ3) is 4.59. The molecule has 3 heterocycles. The molecule has 0 amide bonds. The lowest BCUT2D eigenvalue weighted by Crippen LogP contribution is -2.47. The van der Waals surface area contributed by atoms with Crippen molar-refractivity contribution in [1.29, 1.82) is 0 Å². The van der Waals surface area contributed by atoms with E-state index in [0.29, 0.717) is 25.0 Å². The van der Waals surface area contributed by atoms with Gasteiger partial charge in [0.25, 0.3) is 5.92 Å². The van der Waals surface area contributed by atoms with Crippen molar-refractivity contribution in [1.82, 2.24) is 14.9 Å². The normalized spacial score (nSPS) is 28.9. The van der Waals surface area contributed by atoms with E-state index in [4.69, 9.17) is 4.74 Å². The highest BCUT2D eigenvalue weighted by Crippen LogP contribution is 2.42. The Labute approximate surface area is 198 Å². The second-order valence-electron chi connectivity index (χ2n) is 9.05. The predicted molar refractivity (Wildman–Crippen MR) is 124 cm³/mol. The molecule has 2 aromatic heterocycles. The van der Waals surface area contributed by atoms with Crippen LogP contribution < -0.4 is 4.74 Å². The third-order valence-corrected chi connectivity index (χ3v) is 9.18. The molecular weight excluding hydrogens is 535 g/mol. The van der Waals surface area contributed by atoms with Crippen molar-refractivity contribution < 1.29 is 18.3 Å². The standard InChI is InChI=1S/C22H26F2IN3O2S/c23-22(24)7-9-28(10-8-22)14-2-4-15(5-3-14)30-20-18-16-11-13(19(25)29)1-6-17(16)31-21(18)27-12-26-20/h12-15H,1-11H2/t13-,14-,15-/m0/s1. The fourth-order valence-electron chi connectivity index (χ4n) is 5.26. The number of fused-ring (bicyclic) bond motifs is 3. The van der Waals surface area contributed by atoms with Crippen LogP contribution in [-0.2, 0) is 17.6 Å². The number of carbonyl (C=O) groups is 1. The molecule has 1 saturated heterocycles. The molecule has 0 unspecified atom stereocenters. The van der Waals surface area contributed by atoms with Crippen LogP contribution in [0.5, 0.6) is 5.88 Å². The number of aromatic nitrogens is 2. The summed E-state index contributed by atoms with van der Waals surface area (Å²) in [6.45, 7) is 0.987. The van der Waals surface area contributed by atoms with Crippen molar-refractivity contribution in [3.05, 3.63) is 16.8 Å². The van der Waals surface area contributed by atoms with Crippen molar-refractivity contribution in [3.63, 3.8) is 0 Å². The number of aryl methyl sites for hydroxylation is 1. The number of ether oxygens (including phenoxy) is 1. The Morgan fingerprint density at radius 1 is 1.16 bits per heavy atom. The highest BCUT2D eigenvalue weighted by molar-refractivity contribution is 14.1. The number of nitrogens with zero attached hydrogens (tertiary/aromatic N) is 3. The zero-order valence-corrected chi connectivity index (χ0v) is 20.3. The molecule has 3 aliphatic rings. The van der Waals surface area contributed by atoms with Crippen LogP contribution in [0, 0.1) is 5.92 Å². The van der Waals surface area contributed by atoms with Gasteiger partial charge < -0.3 is 4.74 Å². The zero-order chi connectivity index (χ0) is 21.6. The lowest BCUT2D eigenvalue weighted by Gasteiger charge is -2.40. The molecule has 0 aromatic carbocycles. The Hall–Kier alpha value is -0.940. The quantitative estimate of drug-likeness (QED) is 0.381. The molecule has 0 N–H and O–H groups in total. The van der Waals surface area contributed by atoms with Gasteiger partial charge in [0, 0.05) is 42.8 Å². The average molecular weight is 561 g/mol. The monoisotopic (exact) mass is 561 g/mol. The predicted octanol–water partition coefficient (Wildman–Crippen LogP) is 5.18. The molecule has 0 spiro atoms. The first kappa shape index (κ1) is 21.9. The summed E-state index contributed by atoms with van der Waals surface area (Å²) in [5, 5.41) is 0.991. The largest absolute Gasteiger partial charge is 0.474 e. The summed E-state index contributed by atoms with van der Waals surface area (Å²) < 4.78 is 33.5. The maximum atomic E-state index is 13.5. The van der Waals surface area contributed by atoms with Gasteiger partial charge in [0.1, 0.15) is 17.3 Å². The number of hydrogen-bond acceptors (Lipinski definition) is 6. The lowest BCUT2D eigenvalue weighted by molar-refractivity contribution is -0.113. The topological polar surface area (TPSA) is 55.3 Å². The fraction of sp³-hybridized carbons (Fsp3) is 0.682. The van der Waals surface area contributed by atoms with Crippen LogP contribution in [-0.4, -0.2) is 49.8 Å². The number of piperidine rings is 1. The van der Waals surface area contributed by atoms with Crippen molar-refractivity contribution in [3.8, 4) is 5.88 Å². The van der Waals surface area contributed by atoms with Crippen LogP contribution in [0.3, 0.4) is 0 Å². The smallest absolute Gasteiger partial charge is 0.250 e. The number of alkyl halides is 2. The summed E-state index contributed by atoms with van der Waals surface area (Å²) >= 11 is 3.61. The molecule has 2 fully saturated rings. The summed E-state index contributed by atoms with van der Waals surface area (Å²) in [5.41, 5.74) is 1.19. The number of rotatable bonds is 4. The fourth-order valence-corrected chi connectivity index (χ4v) is 6.97. The van der Waals surface area contributed by atoms with E-state index in [0.717, 1.165) is 55.2 Å². The molecule has 5 rings (SSSR count). The second-order valence-corrected chi connectivity index (χ2v) is 11.2. The van der Waals surface area contributed by atoms with Gasteiger partial charge in [-0.05, 0) is 73.1 Å². The van der Waals surface area contributed by atoms with Crippen LogP contribution in [0.1, 0.15) is 55.4 Å². The van der Waals surface area contributed by atoms with Crippen LogP contribution in [0.25, 0.3) is 10.2 Å². The molecule has 2 aromatic rings. The van der Waals surface area contributed by atoms with Crippen LogP contribution in [0.15, 0.2) is 6.33 Å². The molecule has 1 saturated carbocycles. The summed E-state index contributed by atoms with van der Waals surface area (Å²) in [7, 11) is 0. The van der Waals surface area contributed by atoms with Crippen molar-refractivity contribution in [2.45, 2.75) is 75.9 Å². The SMILES string of the molecule is O=C(I)[C@H]1CCc2sc3ncnc(O[C@H]4CC[C@H](N5CCC(F)(F)CC5)CC4)c3c2C1. The van der Waals surface area contributed by atoms with E-state index >= 15 is 0 Å². The van der Waals surface area contributed by atoms with Gasteiger partial charge in [-0.2, -0.15) is 0 Å². The van der Waals surface area contributed by atoms with Crippen LogP contribution in [0.4, 0.5) is 8.78 Å². The zero-order valence-electron chi connectivity index (χ0n) is 17.3. The third-order valence-electron chi connectivity index (χ3n) is 7.10. The number of carbonyl (C=O) groups excluding carboxylic acids is 1. The molecule has 0 bridgehead atoms. The molecule has 0 radical (unpaired) electrons. The molecule has 9 heteroatoms. The number of thiophene rings is 1. The van der Waals surface area contributed by atoms with Gasteiger partial charge in [-0.3, -0.25) is 9.69 Å². The summed E-state index contributed by atoms with van der Waals surface area (Å²) in [5.74, 6) is -1.79. The van der Waals surface area contributed by atoms with E-state index < -0.39 is 5.92 Å². The molecule has 1 aliphatic heterocycles. The first-order valence-electron chi connectivity index (χ1n) is 11.1. The Balaban J connectivity index is 1.27. The first-order valence-corrected chi connectivity index (χ1v) is 13.0. The number of likely N-dealkylation sites (tertiary alicyclic amines) is 1. The second kappa shape index (κ2) is 8.78. The number of hydrogen-bond donors (Lipinski definition) is 0. The Morgan fingerprint density at radius 3 is 2.61 bits per heavy atom. The molecule has 5 nitrogen and oxygen atoms in total. The van der Waals surface area contributed by atoms with Crippen LogP contribution in [0.2, 0.25) is 0 Å². The highest BCUT2D eigenvalue weighted by atomic mass is 127. The van der Waals surface area contributed by atoms with Gasteiger partial charge >= 0.3 is 0 Å². The van der Waals surface area contributed by atoms with E-state index in [2.05, 4.69) is 14.9 Å². The van der Waals surface area contributed by atoms with Gasteiger partial charge in [-0.25, -0.2) is 18.7 Å². The maximum Gasteiger partial charge on any atom is 0.250 e. The van der Waals surface area contributed by atoms with Crippen molar-refractivity contribution in [2.75, 3.05) is 13.1 Å². The van der Waals surface area contributed by atoms with E-state index in [9.17, 15) is 13.6 Å². The highest BCUT2D eigenvalue weighted by Gasteiger charge is 2.37. The number of halogens is 3. The first-order chi connectivity index (χ1) is 14.9. The Bertz CT molecular complexity index is 967. The van der Waals surface area contributed by atoms with Crippen molar-refractivity contribution >= 4 is 47.9 Å². The summed E-state index contributed by atoms with van der Waals surface area (Å²) in [6, 6.07) is 0.380. The minimum absolute atomic E-state index is 0.0215. The van der Waals surface area contributed by atoms with E-state index in [1.54, 1.807) is 17.7 Å². The molecule has 31 heavy (non-hydrogen) atoms. The minimum atomic E-state index is -2.49. The van der Waals surface area contributed by atoms with Gasteiger partial charge in [0.05, 0.1) is 5.39 Å². The summed E-state index contributed by atoms with van der Waals surface area (Å²) in [4.78, 5) is 25.4. The molecule has 168 valence electrons.